The van der Waals surface area contributed by atoms with Gasteiger partial charge in [-0.25, -0.2) is 4.79 Å². The molecule has 0 amide bonds. The van der Waals surface area contributed by atoms with Gasteiger partial charge in [0, 0.05) is 11.5 Å². The Morgan fingerprint density at radius 2 is 1.90 bits per heavy atom. The highest BCUT2D eigenvalue weighted by Crippen LogP contribution is 2.70. The van der Waals surface area contributed by atoms with Crippen LogP contribution < -0.4 is 0 Å². The zero-order valence-corrected chi connectivity index (χ0v) is 12.7. The van der Waals surface area contributed by atoms with E-state index in [0.29, 0.717) is 11.5 Å². The van der Waals surface area contributed by atoms with Gasteiger partial charge in [-0.1, -0.05) is 13.5 Å². The first kappa shape index (κ1) is 12.9. The number of hydrogen-bond donors (Lipinski definition) is 0. The average molecular weight is 274 g/mol. The van der Waals surface area contributed by atoms with E-state index < -0.39 is 0 Å². The van der Waals surface area contributed by atoms with Crippen LogP contribution in [-0.4, -0.2) is 11.6 Å². The first-order valence-corrected chi connectivity index (χ1v) is 8.44. The molecule has 0 aliphatic heterocycles. The minimum absolute atomic E-state index is 0.160. The Balaban J connectivity index is 1.62. The monoisotopic (exact) mass is 274 g/mol. The maximum atomic E-state index is 12.1. The maximum Gasteiger partial charge on any atom is 0.333 e. The largest absolute Gasteiger partial charge is 0.455 e. The number of fused-ring (bicyclic) bond motifs is 9. The molecule has 0 radical (unpaired) electrons. The molecule has 4 saturated carbocycles. The first-order chi connectivity index (χ1) is 9.55. The lowest BCUT2D eigenvalue weighted by Gasteiger charge is -2.45. The van der Waals surface area contributed by atoms with Crippen molar-refractivity contribution in [2.24, 2.45) is 35.5 Å². The summed E-state index contributed by atoms with van der Waals surface area (Å²) in [5, 5.41) is 0. The second-order valence-corrected chi connectivity index (χ2v) is 7.88. The predicted molar refractivity (Wildman–Crippen MR) is 78.0 cm³/mol. The van der Waals surface area contributed by atoms with Crippen LogP contribution in [0.4, 0.5) is 0 Å². The fourth-order valence-electron chi connectivity index (χ4n) is 6.56. The summed E-state index contributed by atoms with van der Waals surface area (Å²) in [6.45, 7) is 7.72. The smallest absolute Gasteiger partial charge is 0.333 e. The van der Waals surface area contributed by atoms with E-state index in [2.05, 4.69) is 13.5 Å². The van der Waals surface area contributed by atoms with Crippen molar-refractivity contribution in [1.29, 1.82) is 0 Å². The van der Waals surface area contributed by atoms with Crippen LogP contribution in [0.5, 0.6) is 0 Å². The van der Waals surface area contributed by atoms with Crippen molar-refractivity contribution in [3.8, 4) is 0 Å². The zero-order valence-electron chi connectivity index (χ0n) is 12.7. The third kappa shape index (κ3) is 1.48. The molecule has 0 N–H and O–H groups in total. The Labute approximate surface area is 122 Å². The van der Waals surface area contributed by atoms with E-state index in [-0.39, 0.29) is 11.6 Å². The van der Waals surface area contributed by atoms with Crippen LogP contribution in [0.25, 0.3) is 0 Å². The molecule has 0 spiro atoms. The molecule has 2 nitrogen and oxygen atoms in total. The fraction of sp³-hybridized carbons (Fsp3) is 0.833. The van der Waals surface area contributed by atoms with Gasteiger partial charge in [-0.05, 0) is 75.0 Å². The highest BCUT2D eigenvalue weighted by atomic mass is 16.6. The van der Waals surface area contributed by atoms with Crippen LogP contribution in [-0.2, 0) is 9.53 Å². The number of esters is 1. The Morgan fingerprint density at radius 1 is 1.20 bits per heavy atom. The van der Waals surface area contributed by atoms with Crippen molar-refractivity contribution < 1.29 is 9.53 Å². The van der Waals surface area contributed by atoms with Crippen molar-refractivity contribution in [2.75, 3.05) is 0 Å². The Bertz CT molecular complexity index is 468. The zero-order chi connectivity index (χ0) is 14.1. The summed E-state index contributed by atoms with van der Waals surface area (Å²) >= 11 is 0. The second kappa shape index (κ2) is 4.11. The standard InChI is InChI=1S/C18H26O2/c1-4-18(20-17(19)10(2)3)9-13-8-14(18)16-12-6-5-11(7-12)15(13)16/h11-16H,2,4-9H2,1,3H3/t11-,12+,13+,14-,15?,16?,18+/m0/s1. The summed E-state index contributed by atoms with van der Waals surface area (Å²) in [4.78, 5) is 12.1. The quantitative estimate of drug-likeness (QED) is 0.442. The van der Waals surface area contributed by atoms with E-state index in [0.717, 1.165) is 42.4 Å². The minimum atomic E-state index is -0.167. The number of hydrogen-bond acceptors (Lipinski definition) is 2. The van der Waals surface area contributed by atoms with Crippen LogP contribution in [0, 0.1) is 35.5 Å². The Kier molecular flexibility index (Phi) is 2.66. The molecule has 110 valence electrons. The summed E-state index contributed by atoms with van der Waals surface area (Å²) in [6, 6.07) is 0. The van der Waals surface area contributed by atoms with Gasteiger partial charge < -0.3 is 4.74 Å². The van der Waals surface area contributed by atoms with E-state index in [1.807, 2.05) is 0 Å². The molecule has 4 aliphatic rings. The van der Waals surface area contributed by atoms with E-state index in [4.69, 9.17) is 4.74 Å². The molecule has 0 aromatic heterocycles. The molecular formula is C18H26O2. The molecule has 7 atom stereocenters. The lowest BCUT2D eigenvalue weighted by molar-refractivity contribution is -0.167. The van der Waals surface area contributed by atoms with Gasteiger partial charge in [0.15, 0.2) is 0 Å². The third-order valence-electron chi connectivity index (χ3n) is 7.14. The Morgan fingerprint density at radius 3 is 2.55 bits per heavy atom. The van der Waals surface area contributed by atoms with Crippen LogP contribution >= 0.6 is 0 Å². The average Bonchev–Trinajstić information content (AvgIpc) is 3.15. The summed E-state index contributed by atoms with van der Waals surface area (Å²) in [7, 11) is 0. The Hall–Kier alpha value is -0.790. The molecule has 0 aromatic carbocycles. The molecule has 2 unspecified atom stereocenters. The number of carbonyl (C=O) groups excluding carboxylic acids is 1. The summed E-state index contributed by atoms with van der Waals surface area (Å²) < 4.78 is 6.02. The number of ether oxygens (including phenoxy) is 1. The van der Waals surface area contributed by atoms with Crippen LogP contribution in [0.3, 0.4) is 0 Å². The molecule has 4 bridgehead atoms. The van der Waals surface area contributed by atoms with E-state index >= 15 is 0 Å². The van der Waals surface area contributed by atoms with Crippen molar-refractivity contribution in [3.63, 3.8) is 0 Å². The van der Waals surface area contributed by atoms with Gasteiger partial charge in [-0.15, -0.1) is 0 Å². The normalized spacial score (nSPS) is 51.3. The highest BCUT2D eigenvalue weighted by Gasteiger charge is 2.67. The van der Waals surface area contributed by atoms with Gasteiger partial charge in [0.05, 0.1) is 0 Å². The lowest BCUT2D eigenvalue weighted by Crippen LogP contribution is -2.47. The molecular weight excluding hydrogens is 248 g/mol. The summed E-state index contributed by atoms with van der Waals surface area (Å²) in [6.07, 6.45) is 7.80. The van der Waals surface area contributed by atoms with Gasteiger partial charge in [0.1, 0.15) is 5.60 Å². The molecule has 2 heteroatoms. The lowest BCUT2D eigenvalue weighted by atomic mass is 9.65. The van der Waals surface area contributed by atoms with Crippen molar-refractivity contribution >= 4 is 5.97 Å². The van der Waals surface area contributed by atoms with Crippen LogP contribution in [0.1, 0.15) is 52.4 Å². The summed E-state index contributed by atoms with van der Waals surface area (Å²) in [5.74, 6) is 5.09. The SMILES string of the molecule is C=C(C)C(=O)O[C@]1(CC)C[C@H]2C[C@H]1C1C2[C@H]2CC[C@@H]1C2. The minimum Gasteiger partial charge on any atom is -0.455 e. The predicted octanol–water partition coefficient (Wildman–Crippen LogP) is 3.96. The third-order valence-corrected chi connectivity index (χ3v) is 7.14. The molecule has 0 aromatic rings. The summed E-state index contributed by atoms with van der Waals surface area (Å²) in [5.41, 5.74) is 0.386. The van der Waals surface area contributed by atoms with Crippen molar-refractivity contribution in [2.45, 2.75) is 58.0 Å². The van der Waals surface area contributed by atoms with Gasteiger partial charge >= 0.3 is 5.97 Å². The van der Waals surface area contributed by atoms with Crippen molar-refractivity contribution in [1.82, 2.24) is 0 Å². The molecule has 4 rings (SSSR count). The molecule has 0 saturated heterocycles. The molecule has 20 heavy (non-hydrogen) atoms. The number of rotatable bonds is 3. The fourth-order valence-corrected chi connectivity index (χ4v) is 6.56. The highest BCUT2D eigenvalue weighted by molar-refractivity contribution is 5.87. The van der Waals surface area contributed by atoms with Gasteiger partial charge in [-0.2, -0.15) is 0 Å². The van der Waals surface area contributed by atoms with Gasteiger partial charge in [-0.3, -0.25) is 0 Å². The molecule has 4 aliphatic carbocycles. The first-order valence-electron chi connectivity index (χ1n) is 8.44. The topological polar surface area (TPSA) is 26.3 Å². The van der Waals surface area contributed by atoms with Crippen LogP contribution in [0.2, 0.25) is 0 Å². The van der Waals surface area contributed by atoms with Gasteiger partial charge in [0.25, 0.3) is 0 Å². The van der Waals surface area contributed by atoms with Crippen molar-refractivity contribution in [3.05, 3.63) is 12.2 Å². The van der Waals surface area contributed by atoms with E-state index in [9.17, 15) is 4.79 Å². The van der Waals surface area contributed by atoms with E-state index in [1.54, 1.807) is 6.92 Å². The van der Waals surface area contributed by atoms with Crippen LogP contribution in [0.15, 0.2) is 12.2 Å². The van der Waals surface area contributed by atoms with E-state index in [1.165, 1.54) is 25.7 Å². The molecule has 0 heterocycles. The number of carbonyl (C=O) groups is 1. The second-order valence-electron chi connectivity index (χ2n) is 7.88. The van der Waals surface area contributed by atoms with Gasteiger partial charge in [0.2, 0.25) is 0 Å². The molecule has 4 fully saturated rings. The maximum absolute atomic E-state index is 12.1.